The van der Waals surface area contributed by atoms with Gasteiger partial charge in [0.2, 0.25) is 0 Å². The second-order valence-electron chi connectivity index (χ2n) is 7.53. The zero-order valence-electron chi connectivity index (χ0n) is 16.5. The topological polar surface area (TPSA) is 105 Å². The molecule has 0 aliphatic carbocycles. The summed E-state index contributed by atoms with van der Waals surface area (Å²) in [6, 6.07) is 1.92. The first kappa shape index (κ1) is 20.1. The van der Waals surface area contributed by atoms with Gasteiger partial charge in [-0.15, -0.1) is 4.80 Å². The van der Waals surface area contributed by atoms with Crippen molar-refractivity contribution in [2.45, 2.75) is 25.8 Å². The molecule has 0 amide bonds. The fourth-order valence-electron chi connectivity index (χ4n) is 4.14. The van der Waals surface area contributed by atoms with Gasteiger partial charge in [-0.25, -0.2) is 15.0 Å². The lowest BCUT2D eigenvalue weighted by molar-refractivity contribution is 0.0892. The minimum atomic E-state index is -0.0860. The van der Waals surface area contributed by atoms with Crippen molar-refractivity contribution in [2.24, 2.45) is 5.92 Å². The van der Waals surface area contributed by atoms with E-state index in [0.717, 1.165) is 29.7 Å². The van der Waals surface area contributed by atoms with Gasteiger partial charge in [0.05, 0.1) is 21.9 Å². The average Bonchev–Trinajstić information content (AvgIpc) is 3.43. The van der Waals surface area contributed by atoms with Crippen molar-refractivity contribution in [3.8, 4) is 5.82 Å². The van der Waals surface area contributed by atoms with Crippen LogP contribution >= 0.6 is 27.5 Å². The van der Waals surface area contributed by atoms with Gasteiger partial charge in [-0.3, -0.25) is 4.79 Å². The quantitative estimate of drug-likeness (QED) is 0.424. The Labute approximate surface area is 191 Å². The van der Waals surface area contributed by atoms with Crippen LogP contribution in [-0.2, 0) is 0 Å². The molecule has 0 aromatic carbocycles. The average molecular weight is 502 g/mol. The second-order valence-corrected chi connectivity index (χ2v) is 8.79. The van der Waals surface area contributed by atoms with Crippen molar-refractivity contribution in [2.75, 3.05) is 11.4 Å². The van der Waals surface area contributed by atoms with E-state index in [-0.39, 0.29) is 17.7 Å². The fraction of sp³-hybridized carbons (Fsp3) is 0.300. The highest BCUT2D eigenvalue weighted by Gasteiger charge is 2.33. The normalized spacial score (nSPS) is 19.1. The first-order chi connectivity index (χ1) is 15.0. The molecule has 1 fully saturated rings. The number of carbonyl (C=O) groups is 1. The molecule has 1 aliphatic heterocycles. The number of aromatic nitrogens is 7. The summed E-state index contributed by atoms with van der Waals surface area (Å²) in [4.78, 5) is 33.0. The minimum Gasteiger partial charge on any atom is -0.353 e. The summed E-state index contributed by atoms with van der Waals surface area (Å²) in [6.07, 6.45) is 9.58. The van der Waals surface area contributed by atoms with Crippen molar-refractivity contribution in [1.29, 1.82) is 0 Å². The predicted molar refractivity (Wildman–Crippen MR) is 120 cm³/mol. The number of ketones is 1. The van der Waals surface area contributed by atoms with Gasteiger partial charge in [0.25, 0.3) is 0 Å². The molecule has 1 N–H and O–H groups in total. The zero-order valence-corrected chi connectivity index (χ0v) is 18.9. The number of Topliss-reactive ketones (excluding diaryl/α,β-unsaturated/α-hetero) is 1. The highest BCUT2D eigenvalue weighted by molar-refractivity contribution is 9.10. The molecule has 0 spiro atoms. The van der Waals surface area contributed by atoms with Crippen LogP contribution in [0.3, 0.4) is 0 Å². The Hall–Kier alpha value is -2.85. The highest BCUT2D eigenvalue weighted by Crippen LogP contribution is 2.34. The number of rotatable bonds is 4. The number of nitrogens with zero attached hydrogens (tertiary/aromatic N) is 7. The Bertz CT molecular complexity index is 1260. The minimum absolute atomic E-state index is 0.0860. The van der Waals surface area contributed by atoms with Crippen LogP contribution < -0.4 is 4.90 Å². The third-order valence-electron chi connectivity index (χ3n) is 5.64. The number of fused-ring (bicyclic) bond motifs is 1. The van der Waals surface area contributed by atoms with Crippen LogP contribution in [0.4, 0.5) is 5.82 Å². The summed E-state index contributed by atoms with van der Waals surface area (Å²) >= 11 is 9.95. The molecule has 5 heterocycles. The summed E-state index contributed by atoms with van der Waals surface area (Å²) in [5, 5.41) is 9.24. The van der Waals surface area contributed by atoms with Gasteiger partial charge in [-0.05, 0) is 41.8 Å². The lowest BCUT2D eigenvalue weighted by atomic mass is 9.85. The molecule has 2 unspecified atom stereocenters. The van der Waals surface area contributed by atoms with Crippen molar-refractivity contribution in [1.82, 2.24) is 34.9 Å². The number of hydrogen-bond donors (Lipinski definition) is 1. The van der Waals surface area contributed by atoms with E-state index in [4.69, 9.17) is 11.6 Å². The number of H-pyrrole nitrogens is 1. The first-order valence-corrected chi connectivity index (χ1v) is 11.0. The Morgan fingerprint density at radius 2 is 2.10 bits per heavy atom. The van der Waals surface area contributed by atoms with Gasteiger partial charge in [-0.1, -0.05) is 11.6 Å². The van der Waals surface area contributed by atoms with Crippen molar-refractivity contribution in [3.63, 3.8) is 0 Å². The standard InChI is InChI=1S/C20H18BrClN8O/c1-11-6-12(2-5-29(11)19-15(21)9-23-10-25-19)17(31)14-8-24-18-13(14)7-16(22)20(28-18)30-26-3-4-27-30/h3-4,7-12H,2,5-6H2,1H3,(H,24,28). The van der Waals surface area contributed by atoms with Crippen molar-refractivity contribution in [3.05, 3.63) is 52.2 Å². The van der Waals surface area contributed by atoms with Gasteiger partial charge in [0.1, 0.15) is 17.8 Å². The number of anilines is 1. The molecule has 0 radical (unpaired) electrons. The summed E-state index contributed by atoms with van der Waals surface area (Å²) in [6.45, 7) is 2.86. The highest BCUT2D eigenvalue weighted by atomic mass is 79.9. The molecule has 158 valence electrons. The summed E-state index contributed by atoms with van der Waals surface area (Å²) in [5.74, 6) is 1.29. The van der Waals surface area contributed by atoms with Crippen LogP contribution in [0.2, 0.25) is 5.02 Å². The van der Waals surface area contributed by atoms with Crippen molar-refractivity contribution >= 4 is 50.2 Å². The lowest BCUT2D eigenvalue weighted by Crippen LogP contribution is -2.43. The van der Waals surface area contributed by atoms with Crippen LogP contribution in [0.1, 0.15) is 30.1 Å². The number of piperidine rings is 1. The van der Waals surface area contributed by atoms with Crippen LogP contribution in [0.5, 0.6) is 0 Å². The molecular formula is C20H18BrClN8O. The van der Waals surface area contributed by atoms with Crippen LogP contribution in [0.15, 0.2) is 41.7 Å². The summed E-state index contributed by atoms with van der Waals surface area (Å²) in [7, 11) is 0. The number of hydrogen-bond acceptors (Lipinski definition) is 7. The molecule has 5 rings (SSSR count). The van der Waals surface area contributed by atoms with E-state index >= 15 is 0 Å². The third-order valence-corrected chi connectivity index (χ3v) is 6.48. The molecule has 11 heteroatoms. The van der Waals surface area contributed by atoms with Gasteiger partial charge in [0, 0.05) is 41.8 Å². The number of halogens is 2. The van der Waals surface area contributed by atoms with Gasteiger partial charge < -0.3 is 9.88 Å². The second kappa shape index (κ2) is 8.01. The summed E-state index contributed by atoms with van der Waals surface area (Å²) in [5.41, 5.74) is 1.19. The van der Waals surface area contributed by atoms with Crippen molar-refractivity contribution < 1.29 is 4.79 Å². The molecule has 4 aromatic rings. The fourth-order valence-corrected chi connectivity index (χ4v) is 4.82. The third kappa shape index (κ3) is 3.59. The maximum atomic E-state index is 13.4. The van der Waals surface area contributed by atoms with E-state index in [1.807, 2.05) is 0 Å². The maximum Gasteiger partial charge on any atom is 0.195 e. The van der Waals surface area contributed by atoms with Gasteiger partial charge >= 0.3 is 0 Å². The number of carbonyl (C=O) groups excluding carboxylic acids is 1. The smallest absolute Gasteiger partial charge is 0.195 e. The molecular weight excluding hydrogens is 484 g/mol. The Balaban J connectivity index is 1.40. The molecule has 0 saturated carbocycles. The predicted octanol–water partition coefficient (Wildman–Crippen LogP) is 3.84. The molecule has 2 atom stereocenters. The molecule has 0 bridgehead atoms. The molecule has 1 saturated heterocycles. The van der Waals surface area contributed by atoms with E-state index in [2.05, 4.69) is 57.9 Å². The van der Waals surface area contributed by atoms with Gasteiger partial charge in [-0.2, -0.15) is 10.2 Å². The Morgan fingerprint density at radius 3 is 2.84 bits per heavy atom. The van der Waals surface area contributed by atoms with E-state index in [9.17, 15) is 4.79 Å². The Kier molecular flexibility index (Phi) is 5.19. The number of aromatic amines is 1. The molecule has 4 aromatic heterocycles. The van der Waals surface area contributed by atoms with E-state index in [1.54, 1.807) is 37.2 Å². The Morgan fingerprint density at radius 1 is 1.29 bits per heavy atom. The first-order valence-electron chi connectivity index (χ1n) is 9.83. The van der Waals surface area contributed by atoms with E-state index in [0.29, 0.717) is 27.4 Å². The molecule has 31 heavy (non-hydrogen) atoms. The number of nitrogens with one attached hydrogen (secondary N) is 1. The lowest BCUT2D eigenvalue weighted by Gasteiger charge is -2.38. The van der Waals surface area contributed by atoms with E-state index < -0.39 is 0 Å². The zero-order chi connectivity index (χ0) is 21.5. The molecule has 1 aliphatic rings. The maximum absolute atomic E-state index is 13.4. The van der Waals surface area contributed by atoms with Gasteiger partial charge in [0.15, 0.2) is 11.6 Å². The summed E-state index contributed by atoms with van der Waals surface area (Å²) < 4.78 is 0.853. The van der Waals surface area contributed by atoms with Crippen LogP contribution in [-0.4, -0.2) is 53.3 Å². The van der Waals surface area contributed by atoms with E-state index in [1.165, 1.54) is 4.80 Å². The van der Waals surface area contributed by atoms with Crippen LogP contribution in [0, 0.1) is 5.92 Å². The monoisotopic (exact) mass is 500 g/mol. The number of pyridine rings is 1. The molecule has 9 nitrogen and oxygen atoms in total. The SMILES string of the molecule is CC1CC(C(=O)c2c[nH]c3nc(-n4nccn4)c(Cl)cc23)CCN1c1ncncc1Br. The largest absolute Gasteiger partial charge is 0.353 e. The van der Waals surface area contributed by atoms with Crippen LogP contribution in [0.25, 0.3) is 16.9 Å².